The summed E-state index contributed by atoms with van der Waals surface area (Å²) in [6.07, 6.45) is 1.58. The number of aryl methyl sites for hydroxylation is 2. The molecule has 18 heavy (non-hydrogen) atoms. The molecule has 6 nitrogen and oxygen atoms in total. The van der Waals surface area contributed by atoms with Crippen LogP contribution in [0.15, 0.2) is 24.5 Å². The van der Waals surface area contributed by atoms with Gasteiger partial charge in [0, 0.05) is 12.6 Å². The molecule has 1 aromatic carbocycles. The molecule has 0 bridgehead atoms. The van der Waals surface area contributed by atoms with Crippen molar-refractivity contribution in [3.8, 4) is 5.75 Å². The van der Waals surface area contributed by atoms with Crippen LogP contribution in [-0.2, 0) is 13.6 Å². The summed E-state index contributed by atoms with van der Waals surface area (Å²) in [6.45, 7) is 2.09. The van der Waals surface area contributed by atoms with Crippen LogP contribution < -0.4 is 5.32 Å². The molecular weight excluding hydrogens is 232 g/mol. The summed E-state index contributed by atoms with van der Waals surface area (Å²) in [6, 6.07) is 4.64. The summed E-state index contributed by atoms with van der Waals surface area (Å²) in [4.78, 5) is 11.9. The molecular formula is C12H14N4O2. The Bertz CT molecular complexity index is 577. The van der Waals surface area contributed by atoms with Gasteiger partial charge in [-0.25, -0.2) is 0 Å². The van der Waals surface area contributed by atoms with Gasteiger partial charge in [-0.15, -0.1) is 10.2 Å². The number of benzene rings is 1. The van der Waals surface area contributed by atoms with Gasteiger partial charge >= 0.3 is 0 Å². The summed E-state index contributed by atoms with van der Waals surface area (Å²) in [5, 5.41) is 19.6. The van der Waals surface area contributed by atoms with Gasteiger partial charge in [-0.05, 0) is 30.7 Å². The predicted molar refractivity (Wildman–Crippen MR) is 65.0 cm³/mol. The Morgan fingerprint density at radius 2 is 2.28 bits per heavy atom. The van der Waals surface area contributed by atoms with E-state index in [0.29, 0.717) is 17.9 Å². The number of carbonyl (C=O) groups excluding carboxylic acids is 1. The van der Waals surface area contributed by atoms with Crippen molar-refractivity contribution in [3.05, 3.63) is 41.5 Å². The Morgan fingerprint density at radius 1 is 1.50 bits per heavy atom. The molecule has 94 valence electrons. The van der Waals surface area contributed by atoms with E-state index < -0.39 is 0 Å². The molecule has 0 radical (unpaired) electrons. The van der Waals surface area contributed by atoms with Crippen molar-refractivity contribution in [2.24, 2.45) is 7.05 Å². The summed E-state index contributed by atoms with van der Waals surface area (Å²) in [5.74, 6) is 0.632. The van der Waals surface area contributed by atoms with Crippen LogP contribution >= 0.6 is 0 Å². The molecule has 0 fully saturated rings. The number of carbonyl (C=O) groups is 1. The first-order valence-electron chi connectivity index (χ1n) is 5.48. The average molecular weight is 246 g/mol. The molecule has 0 spiro atoms. The summed E-state index contributed by atoms with van der Waals surface area (Å²) in [5.41, 5.74) is 1.26. The Balaban J connectivity index is 2.06. The largest absolute Gasteiger partial charge is 0.508 e. The van der Waals surface area contributed by atoms with Crippen molar-refractivity contribution in [3.63, 3.8) is 0 Å². The normalized spacial score (nSPS) is 10.3. The van der Waals surface area contributed by atoms with E-state index in [4.69, 9.17) is 0 Å². The number of nitrogens with one attached hydrogen (secondary N) is 1. The standard InChI is InChI=1S/C12H14N4O2/c1-8-5-9(17)3-4-10(8)12(18)13-6-11-15-14-7-16(11)2/h3-5,7,17H,6H2,1-2H3,(H,13,18). The van der Waals surface area contributed by atoms with Crippen molar-refractivity contribution >= 4 is 5.91 Å². The number of phenolic OH excluding ortho intramolecular Hbond substituents is 1. The number of aromatic hydroxyl groups is 1. The van der Waals surface area contributed by atoms with Gasteiger partial charge in [0.25, 0.3) is 5.91 Å². The molecule has 0 saturated heterocycles. The third kappa shape index (κ3) is 2.48. The molecule has 0 aliphatic rings. The van der Waals surface area contributed by atoms with E-state index in [1.807, 2.05) is 7.05 Å². The highest BCUT2D eigenvalue weighted by Gasteiger charge is 2.10. The topological polar surface area (TPSA) is 80.0 Å². The second-order valence-corrected chi connectivity index (χ2v) is 4.04. The van der Waals surface area contributed by atoms with Crippen molar-refractivity contribution < 1.29 is 9.90 Å². The fraction of sp³-hybridized carbons (Fsp3) is 0.250. The molecule has 0 aliphatic heterocycles. The third-order valence-electron chi connectivity index (χ3n) is 2.67. The fourth-order valence-corrected chi connectivity index (χ4v) is 1.62. The van der Waals surface area contributed by atoms with Crippen molar-refractivity contribution in [2.75, 3.05) is 0 Å². The van der Waals surface area contributed by atoms with Gasteiger partial charge in [0.2, 0.25) is 0 Å². The molecule has 6 heteroatoms. The van der Waals surface area contributed by atoms with Crippen LogP contribution in [0.4, 0.5) is 0 Å². The summed E-state index contributed by atoms with van der Waals surface area (Å²) < 4.78 is 1.74. The van der Waals surface area contributed by atoms with E-state index >= 15 is 0 Å². The first-order chi connectivity index (χ1) is 8.58. The van der Waals surface area contributed by atoms with E-state index in [0.717, 1.165) is 5.56 Å². The van der Waals surface area contributed by atoms with E-state index in [1.54, 1.807) is 30.0 Å². The van der Waals surface area contributed by atoms with Crippen LogP contribution in [0.5, 0.6) is 5.75 Å². The molecule has 1 amide bonds. The molecule has 1 heterocycles. The lowest BCUT2D eigenvalue weighted by Gasteiger charge is -2.07. The molecule has 0 unspecified atom stereocenters. The SMILES string of the molecule is Cc1cc(O)ccc1C(=O)NCc1nncn1C. The highest BCUT2D eigenvalue weighted by Crippen LogP contribution is 2.15. The van der Waals surface area contributed by atoms with Gasteiger partial charge < -0.3 is 15.0 Å². The van der Waals surface area contributed by atoms with Gasteiger partial charge in [0.15, 0.2) is 5.82 Å². The molecule has 2 aromatic rings. The molecule has 2 rings (SSSR count). The molecule has 0 atom stereocenters. The quantitative estimate of drug-likeness (QED) is 0.837. The van der Waals surface area contributed by atoms with Crippen LogP contribution in [0, 0.1) is 6.92 Å². The smallest absolute Gasteiger partial charge is 0.251 e. The van der Waals surface area contributed by atoms with Gasteiger partial charge in [-0.3, -0.25) is 4.79 Å². The minimum Gasteiger partial charge on any atom is -0.508 e. The van der Waals surface area contributed by atoms with E-state index in [9.17, 15) is 9.90 Å². The van der Waals surface area contributed by atoms with E-state index in [2.05, 4.69) is 15.5 Å². The van der Waals surface area contributed by atoms with Gasteiger partial charge in [0.1, 0.15) is 12.1 Å². The minimum absolute atomic E-state index is 0.150. The second-order valence-electron chi connectivity index (χ2n) is 4.04. The highest BCUT2D eigenvalue weighted by atomic mass is 16.3. The van der Waals surface area contributed by atoms with Crippen LogP contribution in [0.1, 0.15) is 21.7 Å². The first kappa shape index (κ1) is 12.1. The lowest BCUT2D eigenvalue weighted by molar-refractivity contribution is 0.0949. The first-order valence-corrected chi connectivity index (χ1v) is 5.48. The van der Waals surface area contributed by atoms with Crippen molar-refractivity contribution in [1.29, 1.82) is 0 Å². The zero-order chi connectivity index (χ0) is 13.1. The minimum atomic E-state index is -0.199. The Hall–Kier alpha value is -2.37. The summed E-state index contributed by atoms with van der Waals surface area (Å²) in [7, 11) is 1.81. The van der Waals surface area contributed by atoms with Crippen LogP contribution in [0.3, 0.4) is 0 Å². The Kier molecular flexibility index (Phi) is 3.27. The van der Waals surface area contributed by atoms with Crippen molar-refractivity contribution in [1.82, 2.24) is 20.1 Å². The number of aromatic nitrogens is 3. The highest BCUT2D eigenvalue weighted by molar-refractivity contribution is 5.95. The monoisotopic (exact) mass is 246 g/mol. The van der Waals surface area contributed by atoms with E-state index in [-0.39, 0.29) is 11.7 Å². The van der Waals surface area contributed by atoms with Crippen LogP contribution in [0.2, 0.25) is 0 Å². The zero-order valence-electron chi connectivity index (χ0n) is 10.2. The molecule has 0 aliphatic carbocycles. The molecule has 2 N–H and O–H groups in total. The number of hydrogen-bond donors (Lipinski definition) is 2. The fourth-order valence-electron chi connectivity index (χ4n) is 1.62. The number of nitrogens with zero attached hydrogens (tertiary/aromatic N) is 3. The maximum atomic E-state index is 11.9. The maximum absolute atomic E-state index is 11.9. The maximum Gasteiger partial charge on any atom is 0.251 e. The van der Waals surface area contributed by atoms with Gasteiger partial charge in [-0.2, -0.15) is 0 Å². The average Bonchev–Trinajstić information content (AvgIpc) is 2.72. The van der Waals surface area contributed by atoms with Crippen LogP contribution in [0.25, 0.3) is 0 Å². The number of amides is 1. The Morgan fingerprint density at radius 3 is 2.89 bits per heavy atom. The predicted octanol–water partition coefficient (Wildman–Crippen LogP) is 0.759. The Labute approximate surface area is 104 Å². The van der Waals surface area contributed by atoms with Crippen molar-refractivity contribution in [2.45, 2.75) is 13.5 Å². The summed E-state index contributed by atoms with van der Waals surface area (Å²) >= 11 is 0. The number of hydrogen-bond acceptors (Lipinski definition) is 4. The molecule has 1 aromatic heterocycles. The second kappa shape index (κ2) is 4.87. The van der Waals surface area contributed by atoms with Crippen LogP contribution in [-0.4, -0.2) is 25.8 Å². The third-order valence-corrected chi connectivity index (χ3v) is 2.67. The molecule has 0 saturated carbocycles. The van der Waals surface area contributed by atoms with Gasteiger partial charge in [-0.1, -0.05) is 0 Å². The van der Waals surface area contributed by atoms with Gasteiger partial charge in [0.05, 0.1) is 6.54 Å². The lowest BCUT2D eigenvalue weighted by Crippen LogP contribution is -2.25. The number of rotatable bonds is 3. The number of phenols is 1. The zero-order valence-corrected chi connectivity index (χ0v) is 10.2. The van der Waals surface area contributed by atoms with E-state index in [1.165, 1.54) is 6.07 Å². The lowest BCUT2D eigenvalue weighted by atomic mass is 10.1.